The monoisotopic (exact) mass is 507 g/mol. The van der Waals surface area contributed by atoms with Gasteiger partial charge in [0.15, 0.2) is 11.0 Å². The Morgan fingerprint density at radius 3 is 2.70 bits per heavy atom. The number of hydrogen-bond donors (Lipinski definition) is 2. The van der Waals surface area contributed by atoms with E-state index in [0.29, 0.717) is 33.8 Å². The van der Waals surface area contributed by atoms with Crippen LogP contribution in [-0.2, 0) is 17.9 Å². The number of allylic oxidation sites excluding steroid dienone is 1. The summed E-state index contributed by atoms with van der Waals surface area (Å²) >= 11 is 13.0. The minimum atomic E-state index is -0.429. The molecule has 33 heavy (non-hydrogen) atoms. The molecule has 0 spiro atoms. The number of amides is 2. The van der Waals surface area contributed by atoms with Crippen LogP contribution < -0.4 is 10.6 Å². The number of nitrogens with one attached hydrogen (secondary N) is 2. The van der Waals surface area contributed by atoms with Gasteiger partial charge in [-0.15, -0.1) is 16.8 Å². The number of aromatic nitrogens is 3. The summed E-state index contributed by atoms with van der Waals surface area (Å²) < 4.78 is 15.2. The number of aryl methyl sites for hydroxylation is 1. The molecule has 0 aliphatic carbocycles. The van der Waals surface area contributed by atoms with Crippen LogP contribution in [0.15, 0.2) is 54.2 Å². The smallest absolute Gasteiger partial charge is 0.251 e. The fourth-order valence-corrected chi connectivity index (χ4v) is 3.88. The molecule has 172 valence electrons. The summed E-state index contributed by atoms with van der Waals surface area (Å²) in [5, 5.41) is 14.8. The van der Waals surface area contributed by atoms with Gasteiger partial charge in [0.05, 0.1) is 22.3 Å². The Morgan fingerprint density at radius 2 is 1.97 bits per heavy atom. The van der Waals surface area contributed by atoms with Crippen molar-refractivity contribution in [3.63, 3.8) is 0 Å². The lowest BCUT2D eigenvalue weighted by Gasteiger charge is -2.10. The van der Waals surface area contributed by atoms with Crippen LogP contribution in [0.3, 0.4) is 0 Å². The molecule has 0 aliphatic heterocycles. The molecule has 0 fully saturated rings. The third-order valence-corrected chi connectivity index (χ3v) is 6.21. The molecule has 0 aliphatic rings. The highest BCUT2D eigenvalue weighted by Gasteiger charge is 2.16. The standard InChI is InChI=1S/C22H20Cl2FN5O2S/c1-3-8-30-19(11-26-21(32)14-5-7-16(23)17(24)9-14)28-29-22(30)33-12-20(31)27-18-10-15(25)6-4-13(18)2/h3-7,9-10H,1,8,11-12H2,2H3,(H,26,32)(H,27,31). The molecular weight excluding hydrogens is 488 g/mol. The van der Waals surface area contributed by atoms with Crippen LogP contribution in [0, 0.1) is 12.7 Å². The number of carbonyl (C=O) groups excluding carboxylic acids is 2. The van der Waals surface area contributed by atoms with Crippen LogP contribution in [0.1, 0.15) is 21.7 Å². The van der Waals surface area contributed by atoms with Gasteiger partial charge in [-0.25, -0.2) is 4.39 Å². The van der Waals surface area contributed by atoms with Crippen molar-refractivity contribution in [1.82, 2.24) is 20.1 Å². The van der Waals surface area contributed by atoms with E-state index in [2.05, 4.69) is 27.4 Å². The highest BCUT2D eigenvalue weighted by molar-refractivity contribution is 7.99. The number of nitrogens with zero attached hydrogens (tertiary/aromatic N) is 3. The topological polar surface area (TPSA) is 88.9 Å². The summed E-state index contributed by atoms with van der Waals surface area (Å²) in [6.07, 6.45) is 1.66. The predicted octanol–water partition coefficient (Wildman–Crippen LogP) is 4.88. The number of halogens is 3. The summed E-state index contributed by atoms with van der Waals surface area (Å²) in [6.45, 7) is 6.00. The summed E-state index contributed by atoms with van der Waals surface area (Å²) in [6, 6.07) is 8.79. The van der Waals surface area contributed by atoms with Crippen molar-refractivity contribution in [2.45, 2.75) is 25.2 Å². The van der Waals surface area contributed by atoms with Crippen molar-refractivity contribution < 1.29 is 14.0 Å². The Hall–Kier alpha value is -2.88. The van der Waals surface area contributed by atoms with Gasteiger partial charge in [-0.3, -0.25) is 9.59 Å². The fraction of sp³-hybridized carbons (Fsp3) is 0.182. The van der Waals surface area contributed by atoms with E-state index in [1.54, 1.807) is 35.8 Å². The lowest BCUT2D eigenvalue weighted by molar-refractivity contribution is -0.113. The molecule has 0 saturated heterocycles. The molecule has 0 unspecified atom stereocenters. The van der Waals surface area contributed by atoms with Crippen molar-refractivity contribution in [3.05, 3.63) is 81.9 Å². The molecule has 11 heteroatoms. The normalized spacial score (nSPS) is 10.7. The SMILES string of the molecule is C=CCn1c(CNC(=O)c2ccc(Cl)c(Cl)c2)nnc1SCC(=O)Nc1cc(F)ccc1C. The minimum absolute atomic E-state index is 0.0425. The lowest BCUT2D eigenvalue weighted by atomic mass is 10.2. The van der Waals surface area contributed by atoms with Gasteiger partial charge in [0.25, 0.3) is 5.91 Å². The maximum absolute atomic E-state index is 13.4. The Balaban J connectivity index is 1.63. The van der Waals surface area contributed by atoms with E-state index in [4.69, 9.17) is 23.2 Å². The third kappa shape index (κ3) is 6.56. The van der Waals surface area contributed by atoms with E-state index >= 15 is 0 Å². The number of rotatable bonds is 9. The molecule has 1 heterocycles. The number of anilines is 1. The van der Waals surface area contributed by atoms with E-state index in [-0.39, 0.29) is 29.1 Å². The molecule has 3 aromatic rings. The van der Waals surface area contributed by atoms with E-state index in [1.165, 1.54) is 30.0 Å². The molecule has 0 radical (unpaired) electrons. The van der Waals surface area contributed by atoms with Crippen LogP contribution in [0.2, 0.25) is 10.0 Å². The van der Waals surface area contributed by atoms with E-state index in [9.17, 15) is 14.0 Å². The van der Waals surface area contributed by atoms with Crippen LogP contribution in [-0.4, -0.2) is 32.3 Å². The zero-order valence-corrected chi connectivity index (χ0v) is 19.9. The van der Waals surface area contributed by atoms with Crippen molar-refractivity contribution in [1.29, 1.82) is 0 Å². The molecule has 7 nitrogen and oxygen atoms in total. The molecule has 2 aromatic carbocycles. The first-order chi connectivity index (χ1) is 15.8. The number of carbonyl (C=O) groups is 2. The zero-order valence-electron chi connectivity index (χ0n) is 17.6. The molecule has 3 rings (SSSR count). The second-order valence-electron chi connectivity index (χ2n) is 6.91. The van der Waals surface area contributed by atoms with E-state index in [0.717, 1.165) is 5.56 Å². The second-order valence-corrected chi connectivity index (χ2v) is 8.66. The van der Waals surface area contributed by atoms with Gasteiger partial charge in [0.2, 0.25) is 5.91 Å². The van der Waals surface area contributed by atoms with Crippen LogP contribution in [0.5, 0.6) is 0 Å². The molecule has 0 bridgehead atoms. The quantitative estimate of drug-likeness (QED) is 0.318. The average Bonchev–Trinajstić information content (AvgIpc) is 3.17. The molecule has 0 atom stereocenters. The number of thioether (sulfide) groups is 1. The Bertz CT molecular complexity index is 1200. The Labute approximate surface area is 204 Å². The van der Waals surface area contributed by atoms with Gasteiger partial charge in [-0.2, -0.15) is 0 Å². The molecule has 0 saturated carbocycles. The van der Waals surface area contributed by atoms with Crippen molar-refractivity contribution >= 4 is 52.5 Å². The van der Waals surface area contributed by atoms with Crippen molar-refractivity contribution in [2.75, 3.05) is 11.1 Å². The van der Waals surface area contributed by atoms with Crippen LogP contribution in [0.4, 0.5) is 10.1 Å². The summed E-state index contributed by atoms with van der Waals surface area (Å²) in [7, 11) is 0. The van der Waals surface area contributed by atoms with Gasteiger partial charge >= 0.3 is 0 Å². The van der Waals surface area contributed by atoms with Crippen LogP contribution >= 0.6 is 35.0 Å². The zero-order chi connectivity index (χ0) is 24.0. The van der Waals surface area contributed by atoms with E-state index in [1.807, 2.05) is 0 Å². The van der Waals surface area contributed by atoms with Crippen LogP contribution in [0.25, 0.3) is 0 Å². The fourth-order valence-electron chi connectivity index (χ4n) is 2.81. The Kier molecular flexibility index (Phi) is 8.49. The summed E-state index contributed by atoms with van der Waals surface area (Å²) in [5.74, 6) is -0.549. The highest BCUT2D eigenvalue weighted by atomic mass is 35.5. The second kappa shape index (κ2) is 11.3. The average molecular weight is 508 g/mol. The van der Waals surface area contributed by atoms with Gasteiger partial charge in [-0.05, 0) is 42.8 Å². The molecule has 2 N–H and O–H groups in total. The first kappa shape index (κ1) is 24.8. The maximum atomic E-state index is 13.4. The van der Waals surface area contributed by atoms with Gasteiger partial charge in [0.1, 0.15) is 5.82 Å². The molecular formula is C22H20Cl2FN5O2S. The lowest BCUT2D eigenvalue weighted by Crippen LogP contribution is -2.25. The number of hydrogen-bond acceptors (Lipinski definition) is 5. The molecule has 2 amide bonds. The first-order valence-electron chi connectivity index (χ1n) is 9.73. The predicted molar refractivity (Wildman–Crippen MR) is 128 cm³/mol. The van der Waals surface area contributed by atoms with E-state index < -0.39 is 5.82 Å². The third-order valence-electron chi connectivity index (χ3n) is 4.50. The van der Waals surface area contributed by atoms with Gasteiger partial charge in [-0.1, -0.05) is 47.1 Å². The number of benzene rings is 2. The van der Waals surface area contributed by atoms with Crippen molar-refractivity contribution in [3.8, 4) is 0 Å². The maximum Gasteiger partial charge on any atom is 0.251 e. The van der Waals surface area contributed by atoms with Gasteiger partial charge in [0, 0.05) is 17.8 Å². The Morgan fingerprint density at radius 1 is 1.18 bits per heavy atom. The van der Waals surface area contributed by atoms with Crippen molar-refractivity contribution in [2.24, 2.45) is 0 Å². The summed E-state index contributed by atoms with van der Waals surface area (Å²) in [5.41, 5.74) is 1.53. The van der Waals surface area contributed by atoms with Gasteiger partial charge < -0.3 is 15.2 Å². The largest absolute Gasteiger partial charge is 0.345 e. The highest BCUT2D eigenvalue weighted by Crippen LogP contribution is 2.23. The molecule has 1 aromatic heterocycles. The summed E-state index contributed by atoms with van der Waals surface area (Å²) in [4.78, 5) is 24.8. The minimum Gasteiger partial charge on any atom is -0.345 e. The first-order valence-corrected chi connectivity index (χ1v) is 11.5.